The van der Waals surface area contributed by atoms with Gasteiger partial charge in [0.05, 0.1) is 12.1 Å². The highest BCUT2D eigenvalue weighted by Gasteiger charge is 2.47. The quantitative estimate of drug-likeness (QED) is 0.455. The largest absolute Gasteiger partial charge is 0.274 e. The summed E-state index contributed by atoms with van der Waals surface area (Å²) in [5, 5.41) is 1.62. The number of hydrogen-bond donors (Lipinski definition) is 0. The number of rotatable bonds is 6. The fraction of sp³-hybridized carbons (Fsp3) is 0.143. The predicted molar refractivity (Wildman–Crippen MR) is 118 cm³/mol. The minimum Gasteiger partial charge on any atom is -0.274 e. The maximum atomic E-state index is 13.4. The summed E-state index contributed by atoms with van der Waals surface area (Å²) < 4.78 is 41.9. The van der Waals surface area contributed by atoms with E-state index in [9.17, 15) is 22.4 Å². The molecule has 1 aromatic heterocycles. The van der Waals surface area contributed by atoms with E-state index in [2.05, 4.69) is 15.9 Å². The number of anilines is 1. The van der Waals surface area contributed by atoms with Crippen molar-refractivity contribution in [2.24, 2.45) is 0 Å². The molecule has 4 rings (SSSR count). The summed E-state index contributed by atoms with van der Waals surface area (Å²) >= 11 is 4.33. The number of carbonyl (C=O) groups excluding carboxylic acids is 2. The third kappa shape index (κ3) is 4.33. The molecule has 3 aromatic rings. The second kappa shape index (κ2) is 8.62. The molecule has 31 heavy (non-hydrogen) atoms. The normalized spacial score (nSPS) is 17.0. The van der Waals surface area contributed by atoms with Gasteiger partial charge in [0.2, 0.25) is 5.91 Å². The van der Waals surface area contributed by atoms with Crippen LogP contribution < -0.4 is 4.90 Å². The van der Waals surface area contributed by atoms with Crippen LogP contribution in [0, 0.1) is 5.82 Å². The highest BCUT2D eigenvalue weighted by atomic mass is 79.9. The first kappa shape index (κ1) is 21.8. The van der Waals surface area contributed by atoms with E-state index in [0.717, 1.165) is 25.0 Å². The lowest BCUT2D eigenvalue weighted by Gasteiger charge is -2.26. The van der Waals surface area contributed by atoms with Gasteiger partial charge in [0.25, 0.3) is 15.9 Å². The van der Waals surface area contributed by atoms with Crippen LogP contribution in [-0.4, -0.2) is 30.6 Å². The van der Waals surface area contributed by atoms with Crippen LogP contribution in [0.1, 0.15) is 12.0 Å². The number of hydrogen-bond acceptors (Lipinski definition) is 5. The van der Waals surface area contributed by atoms with E-state index in [1.165, 1.54) is 30.3 Å². The number of thiophene rings is 1. The van der Waals surface area contributed by atoms with Crippen molar-refractivity contribution >= 4 is 54.8 Å². The van der Waals surface area contributed by atoms with Crippen LogP contribution >= 0.6 is 27.3 Å². The summed E-state index contributed by atoms with van der Waals surface area (Å²) in [4.78, 5) is 27.0. The first-order chi connectivity index (χ1) is 14.8. The first-order valence-electron chi connectivity index (χ1n) is 9.19. The molecular weight excluding hydrogens is 507 g/mol. The first-order valence-corrected chi connectivity index (χ1v) is 12.3. The molecule has 10 heteroatoms. The maximum absolute atomic E-state index is 13.4. The van der Waals surface area contributed by atoms with Gasteiger partial charge in [-0.15, -0.1) is 11.3 Å². The summed E-state index contributed by atoms with van der Waals surface area (Å²) in [6.45, 7) is -0.168. The highest BCUT2D eigenvalue weighted by molar-refractivity contribution is 9.10. The second-order valence-electron chi connectivity index (χ2n) is 6.87. The molecule has 0 radical (unpaired) electrons. The van der Waals surface area contributed by atoms with Crippen LogP contribution in [0.4, 0.5) is 10.1 Å². The van der Waals surface area contributed by atoms with E-state index in [4.69, 9.17) is 0 Å². The lowest BCUT2D eigenvalue weighted by Crippen LogP contribution is -2.44. The zero-order chi connectivity index (χ0) is 22.2. The van der Waals surface area contributed by atoms with Crippen molar-refractivity contribution < 1.29 is 22.4 Å². The number of carbonyl (C=O) groups is 2. The molecule has 1 aliphatic heterocycles. The molecule has 1 aliphatic rings. The molecule has 1 unspecified atom stereocenters. The highest BCUT2D eigenvalue weighted by Crippen LogP contribution is 2.32. The zero-order valence-electron chi connectivity index (χ0n) is 15.9. The number of benzene rings is 2. The molecule has 1 atom stereocenters. The van der Waals surface area contributed by atoms with Crippen molar-refractivity contribution in [2.75, 3.05) is 4.90 Å². The Morgan fingerprint density at radius 1 is 1.06 bits per heavy atom. The minimum atomic E-state index is -4.07. The lowest BCUT2D eigenvalue weighted by atomic mass is 10.2. The molecule has 160 valence electrons. The molecule has 2 heterocycles. The Labute approximate surface area is 191 Å². The molecule has 6 nitrogen and oxygen atoms in total. The standard InChI is InChI=1S/C21H16BrFN2O4S2/c22-15-5-9-17(10-6-15)25-19(26)12-18(21(25)27)24(13-14-3-7-16(23)8-4-14)31(28,29)20-2-1-11-30-20/h1-11,18H,12-13H2. The number of nitrogens with zero attached hydrogens (tertiary/aromatic N) is 2. The van der Waals surface area contributed by atoms with Gasteiger partial charge in [0.1, 0.15) is 16.1 Å². The van der Waals surface area contributed by atoms with Crippen molar-refractivity contribution in [3.8, 4) is 0 Å². The number of amides is 2. The van der Waals surface area contributed by atoms with E-state index >= 15 is 0 Å². The average molecular weight is 523 g/mol. The maximum Gasteiger partial charge on any atom is 0.253 e. The van der Waals surface area contributed by atoms with Gasteiger partial charge in [0, 0.05) is 11.0 Å². The fourth-order valence-corrected chi connectivity index (χ4v) is 6.31. The summed E-state index contributed by atoms with van der Waals surface area (Å²) in [6, 6.07) is 13.8. The monoisotopic (exact) mass is 522 g/mol. The number of imide groups is 1. The van der Waals surface area contributed by atoms with Crippen LogP contribution in [0.2, 0.25) is 0 Å². The zero-order valence-corrected chi connectivity index (χ0v) is 19.2. The molecule has 2 amide bonds. The molecule has 0 bridgehead atoms. The molecule has 1 fully saturated rings. The third-order valence-corrected chi connectivity index (χ3v) is 8.62. The van der Waals surface area contributed by atoms with Crippen molar-refractivity contribution in [3.05, 3.63) is 81.9 Å². The number of sulfonamides is 1. The molecule has 0 saturated carbocycles. The van der Waals surface area contributed by atoms with Gasteiger partial charge in [-0.25, -0.2) is 17.7 Å². The Morgan fingerprint density at radius 3 is 2.35 bits per heavy atom. The van der Waals surface area contributed by atoms with E-state index in [1.54, 1.807) is 35.7 Å². The lowest BCUT2D eigenvalue weighted by molar-refractivity contribution is -0.122. The Balaban J connectivity index is 1.72. The molecule has 1 saturated heterocycles. The van der Waals surface area contributed by atoms with Crippen molar-refractivity contribution in [1.29, 1.82) is 0 Å². The second-order valence-corrected chi connectivity index (χ2v) is 10.9. The smallest absolute Gasteiger partial charge is 0.253 e. The Bertz CT molecular complexity index is 1210. The summed E-state index contributed by atoms with van der Waals surface area (Å²) in [7, 11) is -4.07. The van der Waals surface area contributed by atoms with Crippen molar-refractivity contribution in [2.45, 2.75) is 23.2 Å². The van der Waals surface area contributed by atoms with E-state index < -0.39 is 33.7 Å². The van der Waals surface area contributed by atoms with Gasteiger partial charge in [-0.1, -0.05) is 34.1 Å². The van der Waals surface area contributed by atoms with Crippen LogP contribution in [0.25, 0.3) is 0 Å². The van der Waals surface area contributed by atoms with Crippen LogP contribution in [0.3, 0.4) is 0 Å². The summed E-state index contributed by atoms with van der Waals surface area (Å²) in [5.41, 5.74) is 0.875. The van der Waals surface area contributed by atoms with Gasteiger partial charge < -0.3 is 0 Å². The molecule has 0 spiro atoms. The minimum absolute atomic E-state index is 0.0666. The predicted octanol–water partition coefficient (Wildman–Crippen LogP) is 4.17. The molecule has 0 aliphatic carbocycles. The van der Waals surface area contributed by atoms with E-state index in [1.807, 2.05) is 0 Å². The number of halogens is 2. The SMILES string of the molecule is O=C1CC(N(Cc2ccc(F)cc2)S(=O)(=O)c2cccs2)C(=O)N1c1ccc(Br)cc1. The van der Waals surface area contributed by atoms with Gasteiger partial charge in [-0.05, 0) is 53.4 Å². The molecule has 0 N–H and O–H groups in total. The van der Waals surface area contributed by atoms with Gasteiger partial charge in [-0.3, -0.25) is 9.59 Å². The van der Waals surface area contributed by atoms with E-state index in [-0.39, 0.29) is 17.2 Å². The van der Waals surface area contributed by atoms with Crippen LogP contribution in [-0.2, 0) is 26.2 Å². The fourth-order valence-electron chi connectivity index (χ4n) is 3.36. The van der Waals surface area contributed by atoms with Gasteiger partial charge in [0.15, 0.2) is 0 Å². The van der Waals surface area contributed by atoms with Crippen LogP contribution in [0.15, 0.2) is 74.7 Å². The Kier molecular flexibility index (Phi) is 6.07. The van der Waals surface area contributed by atoms with Gasteiger partial charge in [-0.2, -0.15) is 4.31 Å². The molecule has 2 aromatic carbocycles. The Hall–Kier alpha value is -2.40. The van der Waals surface area contributed by atoms with E-state index in [0.29, 0.717) is 11.3 Å². The third-order valence-electron chi connectivity index (χ3n) is 4.86. The average Bonchev–Trinajstić information content (AvgIpc) is 3.37. The topological polar surface area (TPSA) is 74.8 Å². The van der Waals surface area contributed by atoms with Crippen LogP contribution in [0.5, 0.6) is 0 Å². The summed E-state index contributed by atoms with van der Waals surface area (Å²) in [5.74, 6) is -1.55. The van der Waals surface area contributed by atoms with Crippen molar-refractivity contribution in [3.63, 3.8) is 0 Å². The Morgan fingerprint density at radius 2 is 1.74 bits per heavy atom. The summed E-state index contributed by atoms with van der Waals surface area (Å²) in [6.07, 6.45) is -0.277. The van der Waals surface area contributed by atoms with Crippen molar-refractivity contribution in [1.82, 2.24) is 4.31 Å². The molecular formula is C21H16BrFN2O4S2. The van der Waals surface area contributed by atoms with Gasteiger partial charge >= 0.3 is 0 Å².